The minimum absolute atomic E-state index is 0.0427. The van der Waals surface area contributed by atoms with Crippen LogP contribution < -0.4 is 5.32 Å². The predicted octanol–water partition coefficient (Wildman–Crippen LogP) is 7.02. The SMILES string of the molecule is O=C(CSC1=NC2(CCCCC2)N=C1c1ccc(Cl)c(Cl)c1)Nc1ccc(F)c(Cl)c1. The molecule has 4 rings (SSSR count). The maximum absolute atomic E-state index is 13.3. The average molecular weight is 499 g/mol. The lowest BCUT2D eigenvalue weighted by Crippen LogP contribution is -2.25. The van der Waals surface area contributed by atoms with Gasteiger partial charge in [-0.25, -0.2) is 9.38 Å². The van der Waals surface area contributed by atoms with Crippen LogP contribution in [-0.4, -0.2) is 28.1 Å². The summed E-state index contributed by atoms with van der Waals surface area (Å²) in [6.07, 6.45) is 5.11. The van der Waals surface area contributed by atoms with Crippen molar-refractivity contribution in [1.29, 1.82) is 0 Å². The molecule has 1 heterocycles. The molecule has 31 heavy (non-hydrogen) atoms. The lowest BCUT2D eigenvalue weighted by molar-refractivity contribution is -0.113. The Morgan fingerprint density at radius 1 is 1.00 bits per heavy atom. The topological polar surface area (TPSA) is 53.8 Å². The van der Waals surface area contributed by atoms with Crippen LogP contribution in [0.3, 0.4) is 0 Å². The van der Waals surface area contributed by atoms with Crippen molar-refractivity contribution in [3.8, 4) is 0 Å². The summed E-state index contributed by atoms with van der Waals surface area (Å²) in [5, 5.41) is 4.32. The molecule has 0 saturated heterocycles. The number of rotatable bonds is 4. The largest absolute Gasteiger partial charge is 0.325 e. The molecule has 1 saturated carbocycles. The van der Waals surface area contributed by atoms with E-state index in [1.54, 1.807) is 12.1 Å². The van der Waals surface area contributed by atoms with Crippen LogP contribution in [0, 0.1) is 5.82 Å². The summed E-state index contributed by atoms with van der Waals surface area (Å²) in [6.45, 7) is 0. The Morgan fingerprint density at radius 3 is 2.48 bits per heavy atom. The van der Waals surface area contributed by atoms with Gasteiger partial charge in [0.25, 0.3) is 0 Å². The molecule has 2 aromatic carbocycles. The van der Waals surface area contributed by atoms with E-state index >= 15 is 0 Å². The number of hydrogen-bond donors (Lipinski definition) is 1. The normalized spacial score (nSPS) is 17.4. The van der Waals surface area contributed by atoms with E-state index in [9.17, 15) is 9.18 Å². The lowest BCUT2D eigenvalue weighted by atomic mass is 9.90. The lowest BCUT2D eigenvalue weighted by Gasteiger charge is -2.27. The zero-order valence-electron chi connectivity index (χ0n) is 16.4. The number of hydrogen-bond acceptors (Lipinski definition) is 4. The Morgan fingerprint density at radius 2 is 1.77 bits per heavy atom. The van der Waals surface area contributed by atoms with Crippen molar-refractivity contribution in [3.63, 3.8) is 0 Å². The van der Waals surface area contributed by atoms with Gasteiger partial charge >= 0.3 is 0 Å². The van der Waals surface area contributed by atoms with Crippen LogP contribution >= 0.6 is 46.6 Å². The van der Waals surface area contributed by atoms with E-state index in [1.807, 2.05) is 6.07 Å². The van der Waals surface area contributed by atoms with Gasteiger partial charge in [-0.2, -0.15) is 0 Å². The van der Waals surface area contributed by atoms with Crippen molar-refractivity contribution in [2.75, 3.05) is 11.1 Å². The molecule has 9 heteroatoms. The van der Waals surface area contributed by atoms with Crippen LogP contribution in [0.15, 0.2) is 46.4 Å². The number of benzene rings is 2. The van der Waals surface area contributed by atoms with E-state index in [1.165, 1.54) is 36.4 Å². The summed E-state index contributed by atoms with van der Waals surface area (Å²) < 4.78 is 13.3. The smallest absolute Gasteiger partial charge is 0.234 e. The molecule has 4 nitrogen and oxygen atoms in total. The number of anilines is 1. The molecule has 0 aromatic heterocycles. The highest BCUT2D eigenvalue weighted by molar-refractivity contribution is 8.16. The van der Waals surface area contributed by atoms with E-state index in [0.717, 1.165) is 37.0 Å². The summed E-state index contributed by atoms with van der Waals surface area (Å²) >= 11 is 19.4. The third-order valence-corrected chi connectivity index (χ3v) is 7.22. The maximum atomic E-state index is 13.3. The van der Waals surface area contributed by atoms with E-state index in [2.05, 4.69) is 5.32 Å². The first kappa shape index (κ1) is 22.6. The predicted molar refractivity (Wildman–Crippen MR) is 129 cm³/mol. The maximum Gasteiger partial charge on any atom is 0.234 e. The molecule has 162 valence electrons. The highest BCUT2D eigenvalue weighted by Crippen LogP contribution is 2.39. The van der Waals surface area contributed by atoms with Crippen LogP contribution in [0.4, 0.5) is 10.1 Å². The van der Waals surface area contributed by atoms with E-state index < -0.39 is 11.5 Å². The summed E-state index contributed by atoms with van der Waals surface area (Å²) in [5.41, 5.74) is 1.55. The van der Waals surface area contributed by atoms with Crippen molar-refractivity contribution >= 4 is 68.9 Å². The first-order chi connectivity index (χ1) is 14.8. The minimum atomic E-state index is -0.533. The van der Waals surface area contributed by atoms with Gasteiger partial charge in [-0.1, -0.05) is 59.1 Å². The zero-order chi connectivity index (χ0) is 22.0. The number of carbonyl (C=O) groups is 1. The molecule has 1 N–H and O–H groups in total. The van der Waals surface area contributed by atoms with Crippen LogP contribution in [0.25, 0.3) is 0 Å². The Hall–Kier alpha value is -1.60. The van der Waals surface area contributed by atoms with Crippen LogP contribution in [0.2, 0.25) is 15.1 Å². The quantitative estimate of drug-likeness (QED) is 0.492. The molecule has 1 fully saturated rings. The third-order valence-electron chi connectivity index (χ3n) is 5.22. The fraction of sp³-hybridized carbons (Fsp3) is 0.318. The second kappa shape index (κ2) is 9.49. The summed E-state index contributed by atoms with van der Waals surface area (Å²) in [4.78, 5) is 22.4. The van der Waals surface area contributed by atoms with Crippen molar-refractivity contribution in [2.24, 2.45) is 9.98 Å². The number of thioether (sulfide) groups is 1. The number of nitrogens with zero attached hydrogens (tertiary/aromatic N) is 2. The molecule has 1 aliphatic carbocycles. The molecule has 0 bridgehead atoms. The minimum Gasteiger partial charge on any atom is -0.325 e. The average Bonchev–Trinajstić information content (AvgIpc) is 3.09. The molecular weight excluding hydrogens is 480 g/mol. The zero-order valence-corrected chi connectivity index (χ0v) is 19.5. The van der Waals surface area contributed by atoms with Gasteiger partial charge in [0.2, 0.25) is 5.91 Å². The molecule has 0 atom stereocenters. The highest BCUT2D eigenvalue weighted by Gasteiger charge is 2.38. The summed E-state index contributed by atoms with van der Waals surface area (Å²) in [7, 11) is 0. The monoisotopic (exact) mass is 497 g/mol. The fourth-order valence-corrected chi connectivity index (χ4v) is 5.05. The number of nitrogens with one attached hydrogen (secondary N) is 1. The Balaban J connectivity index is 1.52. The van der Waals surface area contributed by atoms with Crippen LogP contribution in [0.1, 0.15) is 37.7 Å². The van der Waals surface area contributed by atoms with Crippen LogP contribution in [0.5, 0.6) is 0 Å². The van der Waals surface area contributed by atoms with E-state index in [-0.39, 0.29) is 16.7 Å². The first-order valence-electron chi connectivity index (χ1n) is 9.88. The third kappa shape index (κ3) is 5.25. The first-order valence-corrected chi connectivity index (χ1v) is 12.0. The van der Waals surface area contributed by atoms with Gasteiger partial charge in [0.05, 0.1) is 26.5 Å². The fourth-order valence-electron chi connectivity index (χ4n) is 3.70. The number of halogens is 4. The molecule has 2 aromatic rings. The molecular formula is C22H19Cl3FN3OS. The van der Waals surface area contributed by atoms with Gasteiger partial charge in [0, 0.05) is 11.3 Å². The van der Waals surface area contributed by atoms with Crippen molar-refractivity contribution < 1.29 is 9.18 Å². The number of aliphatic imine (C=N–C) groups is 2. The van der Waals surface area contributed by atoms with Crippen LogP contribution in [-0.2, 0) is 4.79 Å². The highest BCUT2D eigenvalue weighted by atomic mass is 35.5. The van der Waals surface area contributed by atoms with Gasteiger partial charge in [-0.15, -0.1) is 0 Å². The molecule has 1 spiro atoms. The second-order valence-electron chi connectivity index (χ2n) is 7.52. The van der Waals surface area contributed by atoms with Gasteiger partial charge in [0.1, 0.15) is 10.9 Å². The Bertz CT molecular complexity index is 1080. The molecule has 2 aliphatic rings. The number of amides is 1. The standard InChI is InChI=1S/C22H19Cl3FN3OS/c23-15-6-4-13(10-16(15)24)20-21(29-22(28-20)8-2-1-3-9-22)31-12-19(30)27-14-5-7-18(26)17(25)11-14/h4-7,10-11H,1-3,8-9,12H2,(H,27,30). The summed E-state index contributed by atoms with van der Waals surface area (Å²) in [6, 6.07) is 9.45. The Labute approximate surface area is 199 Å². The van der Waals surface area contributed by atoms with Crippen molar-refractivity contribution in [2.45, 2.75) is 37.8 Å². The summed E-state index contributed by atoms with van der Waals surface area (Å²) in [5.74, 6) is -0.646. The number of carbonyl (C=O) groups excluding carboxylic acids is 1. The molecule has 0 unspecified atom stereocenters. The molecule has 1 amide bonds. The van der Waals surface area contributed by atoms with Gasteiger partial charge in [-0.3, -0.25) is 9.79 Å². The van der Waals surface area contributed by atoms with Gasteiger partial charge in [-0.05, 0) is 56.0 Å². The van der Waals surface area contributed by atoms with E-state index in [0.29, 0.717) is 20.8 Å². The van der Waals surface area contributed by atoms with E-state index in [4.69, 9.17) is 44.8 Å². The Kier molecular flexibility index (Phi) is 6.92. The van der Waals surface area contributed by atoms with Crippen molar-refractivity contribution in [1.82, 2.24) is 0 Å². The molecule has 1 aliphatic heterocycles. The van der Waals surface area contributed by atoms with Gasteiger partial charge < -0.3 is 5.32 Å². The molecule has 0 radical (unpaired) electrons. The van der Waals surface area contributed by atoms with Gasteiger partial charge in [0.15, 0.2) is 5.66 Å². The van der Waals surface area contributed by atoms with Crippen molar-refractivity contribution in [3.05, 3.63) is 62.8 Å². The second-order valence-corrected chi connectivity index (χ2v) is 9.70.